The Balaban J connectivity index is 1.94. The number of hydrogen-bond donors (Lipinski definition) is 1. The first kappa shape index (κ1) is 13.4. The molecule has 1 fully saturated rings. The molecule has 1 aliphatic rings. The van der Waals surface area contributed by atoms with Crippen molar-refractivity contribution >= 4 is 5.95 Å². The lowest BCUT2D eigenvalue weighted by atomic mass is 9.80. The number of hydrogen-bond acceptors (Lipinski definition) is 3. The fraction of sp³-hybridized carbons (Fsp3) is 0.786. The van der Waals surface area contributed by atoms with E-state index in [9.17, 15) is 0 Å². The fourth-order valence-electron chi connectivity index (χ4n) is 2.87. The molecular formula is C14H25N3O. The van der Waals surface area contributed by atoms with Crippen LogP contribution in [0.15, 0.2) is 12.4 Å². The third-order valence-corrected chi connectivity index (χ3v) is 4.00. The predicted molar refractivity (Wildman–Crippen MR) is 73.7 cm³/mol. The summed E-state index contributed by atoms with van der Waals surface area (Å²) >= 11 is 0. The van der Waals surface area contributed by atoms with E-state index in [0.717, 1.165) is 30.9 Å². The summed E-state index contributed by atoms with van der Waals surface area (Å²) < 4.78 is 7.25. The monoisotopic (exact) mass is 251 g/mol. The van der Waals surface area contributed by atoms with Crippen molar-refractivity contribution in [1.29, 1.82) is 0 Å². The summed E-state index contributed by atoms with van der Waals surface area (Å²) in [6.45, 7) is 6.28. The zero-order valence-electron chi connectivity index (χ0n) is 11.7. The summed E-state index contributed by atoms with van der Waals surface area (Å²) in [5.74, 6) is 2.58. The molecule has 4 nitrogen and oxygen atoms in total. The highest BCUT2D eigenvalue weighted by Gasteiger charge is 2.25. The molecule has 1 saturated carbocycles. The number of nitrogens with zero attached hydrogens (tertiary/aromatic N) is 2. The fourth-order valence-corrected chi connectivity index (χ4v) is 2.87. The van der Waals surface area contributed by atoms with Gasteiger partial charge >= 0.3 is 0 Å². The van der Waals surface area contributed by atoms with Gasteiger partial charge in [-0.3, -0.25) is 0 Å². The molecule has 4 heteroatoms. The Morgan fingerprint density at radius 2 is 2.28 bits per heavy atom. The summed E-state index contributed by atoms with van der Waals surface area (Å²) in [6.07, 6.45) is 7.75. The molecule has 1 aliphatic carbocycles. The maximum atomic E-state index is 5.12. The lowest BCUT2D eigenvalue weighted by Gasteiger charge is -2.33. The summed E-state index contributed by atoms with van der Waals surface area (Å²) in [5, 5.41) is 3.60. The van der Waals surface area contributed by atoms with Gasteiger partial charge in [0.1, 0.15) is 0 Å². The van der Waals surface area contributed by atoms with Crippen LogP contribution in [0.25, 0.3) is 0 Å². The molecule has 1 aromatic heterocycles. The lowest BCUT2D eigenvalue weighted by molar-refractivity contribution is 0.187. The maximum Gasteiger partial charge on any atom is 0.203 e. The van der Waals surface area contributed by atoms with E-state index >= 15 is 0 Å². The molecule has 3 unspecified atom stereocenters. The summed E-state index contributed by atoms with van der Waals surface area (Å²) in [5.41, 5.74) is 0. The van der Waals surface area contributed by atoms with Gasteiger partial charge in [0.25, 0.3) is 0 Å². The van der Waals surface area contributed by atoms with E-state index in [0.29, 0.717) is 6.04 Å². The predicted octanol–water partition coefficient (Wildman–Crippen LogP) is 2.77. The standard InChI is InChI=1S/C14H25N3O/c1-11-4-5-13(12(2)10-11)16-14-15-6-7-17(14)8-9-18-3/h6-7,11-13H,4-5,8-10H2,1-3H3,(H,15,16). The van der Waals surface area contributed by atoms with Crippen LogP contribution in [0.5, 0.6) is 0 Å². The van der Waals surface area contributed by atoms with Crippen LogP contribution in [0.3, 0.4) is 0 Å². The summed E-state index contributed by atoms with van der Waals surface area (Å²) in [7, 11) is 1.73. The van der Waals surface area contributed by atoms with Gasteiger partial charge in [0.2, 0.25) is 5.95 Å². The van der Waals surface area contributed by atoms with Crippen LogP contribution in [-0.2, 0) is 11.3 Å². The molecule has 0 spiro atoms. The highest BCUT2D eigenvalue weighted by molar-refractivity contribution is 5.28. The highest BCUT2D eigenvalue weighted by atomic mass is 16.5. The third-order valence-electron chi connectivity index (χ3n) is 4.00. The van der Waals surface area contributed by atoms with E-state index in [1.165, 1.54) is 19.3 Å². The van der Waals surface area contributed by atoms with Crippen LogP contribution < -0.4 is 5.32 Å². The van der Waals surface area contributed by atoms with Gasteiger partial charge in [0.15, 0.2) is 0 Å². The van der Waals surface area contributed by atoms with E-state index in [1.54, 1.807) is 7.11 Å². The molecule has 0 aromatic carbocycles. The number of nitrogens with one attached hydrogen (secondary N) is 1. The average Bonchev–Trinajstić information content (AvgIpc) is 2.77. The van der Waals surface area contributed by atoms with Crippen molar-refractivity contribution in [3.05, 3.63) is 12.4 Å². The highest BCUT2D eigenvalue weighted by Crippen LogP contribution is 2.30. The van der Waals surface area contributed by atoms with Crippen LogP contribution in [0, 0.1) is 11.8 Å². The Morgan fingerprint density at radius 3 is 3.00 bits per heavy atom. The van der Waals surface area contributed by atoms with Crippen LogP contribution in [0.2, 0.25) is 0 Å². The minimum absolute atomic E-state index is 0.560. The topological polar surface area (TPSA) is 39.1 Å². The maximum absolute atomic E-state index is 5.12. The molecule has 2 rings (SSSR count). The molecule has 1 N–H and O–H groups in total. The minimum Gasteiger partial charge on any atom is -0.383 e. The molecule has 18 heavy (non-hydrogen) atoms. The van der Waals surface area contributed by atoms with Gasteiger partial charge in [-0.1, -0.05) is 13.8 Å². The number of anilines is 1. The number of ether oxygens (including phenoxy) is 1. The molecular weight excluding hydrogens is 226 g/mol. The van der Waals surface area contributed by atoms with Gasteiger partial charge in [0, 0.05) is 32.1 Å². The quantitative estimate of drug-likeness (QED) is 0.874. The zero-order chi connectivity index (χ0) is 13.0. The van der Waals surface area contributed by atoms with E-state index < -0.39 is 0 Å². The number of aromatic nitrogens is 2. The van der Waals surface area contributed by atoms with Crippen molar-refractivity contribution in [2.24, 2.45) is 11.8 Å². The van der Waals surface area contributed by atoms with Gasteiger partial charge in [-0.25, -0.2) is 4.98 Å². The lowest BCUT2D eigenvalue weighted by Crippen LogP contribution is -2.34. The number of imidazole rings is 1. The van der Waals surface area contributed by atoms with Gasteiger partial charge in [-0.05, 0) is 31.1 Å². The van der Waals surface area contributed by atoms with Crippen molar-refractivity contribution in [3.8, 4) is 0 Å². The first-order valence-electron chi connectivity index (χ1n) is 6.97. The van der Waals surface area contributed by atoms with Gasteiger partial charge in [0.05, 0.1) is 6.61 Å². The van der Waals surface area contributed by atoms with Crippen LogP contribution in [0.1, 0.15) is 33.1 Å². The van der Waals surface area contributed by atoms with E-state index in [1.807, 2.05) is 12.4 Å². The van der Waals surface area contributed by atoms with Crippen molar-refractivity contribution < 1.29 is 4.74 Å². The smallest absolute Gasteiger partial charge is 0.203 e. The van der Waals surface area contributed by atoms with Crippen LogP contribution in [-0.4, -0.2) is 29.3 Å². The Bertz CT molecular complexity index is 364. The minimum atomic E-state index is 0.560. The largest absolute Gasteiger partial charge is 0.383 e. The second-order valence-corrected chi connectivity index (χ2v) is 5.58. The Kier molecular flexibility index (Phi) is 4.64. The molecule has 0 radical (unpaired) electrons. The second kappa shape index (κ2) is 6.23. The molecule has 0 bridgehead atoms. The van der Waals surface area contributed by atoms with Gasteiger partial charge in [-0.2, -0.15) is 0 Å². The Morgan fingerprint density at radius 1 is 1.44 bits per heavy atom. The van der Waals surface area contributed by atoms with Gasteiger partial charge in [-0.15, -0.1) is 0 Å². The van der Waals surface area contributed by atoms with E-state index in [2.05, 4.69) is 28.7 Å². The third kappa shape index (κ3) is 3.25. The SMILES string of the molecule is COCCn1ccnc1NC1CCC(C)CC1C. The number of methoxy groups -OCH3 is 1. The molecule has 0 amide bonds. The average molecular weight is 251 g/mol. The van der Waals surface area contributed by atoms with Crippen LogP contribution in [0.4, 0.5) is 5.95 Å². The van der Waals surface area contributed by atoms with Crippen molar-refractivity contribution in [3.63, 3.8) is 0 Å². The number of rotatable bonds is 5. The molecule has 102 valence electrons. The molecule has 1 aromatic rings. The molecule has 0 saturated heterocycles. The molecule has 0 aliphatic heterocycles. The van der Waals surface area contributed by atoms with Crippen molar-refractivity contribution in [2.75, 3.05) is 19.0 Å². The van der Waals surface area contributed by atoms with Crippen LogP contribution >= 0.6 is 0 Å². The molecule has 1 heterocycles. The second-order valence-electron chi connectivity index (χ2n) is 5.58. The Labute approximate surface area is 110 Å². The normalized spacial score (nSPS) is 28.3. The zero-order valence-corrected chi connectivity index (χ0v) is 11.7. The van der Waals surface area contributed by atoms with E-state index in [-0.39, 0.29) is 0 Å². The summed E-state index contributed by atoms with van der Waals surface area (Å²) in [4.78, 5) is 4.41. The first-order valence-corrected chi connectivity index (χ1v) is 6.97. The van der Waals surface area contributed by atoms with E-state index in [4.69, 9.17) is 4.74 Å². The van der Waals surface area contributed by atoms with Gasteiger partial charge < -0.3 is 14.6 Å². The summed E-state index contributed by atoms with van der Waals surface area (Å²) in [6, 6.07) is 0.560. The first-order chi connectivity index (χ1) is 8.70. The Hall–Kier alpha value is -1.03. The van der Waals surface area contributed by atoms with Crippen molar-refractivity contribution in [2.45, 2.75) is 45.7 Å². The van der Waals surface area contributed by atoms with Crippen molar-refractivity contribution in [1.82, 2.24) is 9.55 Å². The molecule has 3 atom stereocenters.